The molecule has 0 heterocycles. The number of Topliss-reactive ketones (excluding diaryl/α,β-unsaturated/α-hetero) is 1. The summed E-state index contributed by atoms with van der Waals surface area (Å²) >= 11 is 0. The molecule has 0 fully saturated rings. The Labute approximate surface area is 180 Å². The summed E-state index contributed by atoms with van der Waals surface area (Å²) in [6.07, 6.45) is 19.3. The predicted molar refractivity (Wildman–Crippen MR) is 120 cm³/mol. The van der Waals surface area contributed by atoms with Crippen molar-refractivity contribution in [3.63, 3.8) is 0 Å². The summed E-state index contributed by atoms with van der Waals surface area (Å²) in [5.74, 6) is 0.459. The smallest absolute Gasteiger partial charge is 0.217 e. The molecule has 0 aromatic rings. The van der Waals surface area contributed by atoms with Crippen LogP contribution in [0.25, 0.3) is 0 Å². The van der Waals surface area contributed by atoms with Crippen molar-refractivity contribution in [2.45, 2.75) is 103 Å². The second-order valence-electron chi connectivity index (χ2n) is 8.87. The number of rotatable bonds is 18. The van der Waals surface area contributed by atoms with Gasteiger partial charge < -0.3 is 9.04 Å². The molecule has 0 bridgehead atoms. The Morgan fingerprint density at radius 3 is 1.41 bits per heavy atom. The second kappa shape index (κ2) is 19.5. The van der Waals surface area contributed by atoms with Crippen molar-refractivity contribution in [2.24, 2.45) is 0 Å². The Bertz CT molecular complexity index is 472. The van der Waals surface area contributed by atoms with Crippen LogP contribution in [-0.4, -0.2) is 58.0 Å². The highest BCUT2D eigenvalue weighted by Crippen LogP contribution is 2.13. The SMILES string of the molecule is CCCCCCCCCCCCCCCC(=O)CC[N+](C)(C)C.COS(=O)(=O)[O-]. The molecule has 0 spiro atoms. The largest absolute Gasteiger partial charge is 0.726 e. The minimum absolute atomic E-state index is 0.459. The summed E-state index contributed by atoms with van der Waals surface area (Å²) in [5.41, 5.74) is 0. The number of unbranched alkanes of at least 4 members (excludes halogenated alkanes) is 12. The van der Waals surface area contributed by atoms with Gasteiger partial charge in [0.1, 0.15) is 5.78 Å². The Hall–Kier alpha value is -0.500. The first-order valence-electron chi connectivity index (χ1n) is 11.4. The van der Waals surface area contributed by atoms with Crippen LogP contribution in [0.15, 0.2) is 0 Å². The van der Waals surface area contributed by atoms with E-state index in [0.717, 1.165) is 37.4 Å². The van der Waals surface area contributed by atoms with E-state index in [0.29, 0.717) is 5.78 Å². The van der Waals surface area contributed by atoms with Gasteiger partial charge in [-0.1, -0.05) is 84.0 Å². The van der Waals surface area contributed by atoms with Crippen LogP contribution in [0.1, 0.15) is 103 Å². The topological polar surface area (TPSA) is 83.5 Å². The highest BCUT2D eigenvalue weighted by molar-refractivity contribution is 7.80. The molecule has 0 saturated heterocycles. The first kappa shape index (κ1) is 30.7. The van der Waals surface area contributed by atoms with Crippen molar-refractivity contribution in [2.75, 3.05) is 34.8 Å². The van der Waals surface area contributed by atoms with Gasteiger partial charge in [-0.3, -0.25) is 8.98 Å². The van der Waals surface area contributed by atoms with Crippen molar-refractivity contribution in [3.8, 4) is 0 Å². The van der Waals surface area contributed by atoms with E-state index < -0.39 is 10.4 Å². The lowest BCUT2D eigenvalue weighted by atomic mass is 10.0. The molecule has 176 valence electrons. The number of carbonyl (C=O) groups is 1. The second-order valence-corrected chi connectivity index (χ2v) is 10.0. The Balaban J connectivity index is 0. The Morgan fingerprint density at radius 1 is 0.759 bits per heavy atom. The summed E-state index contributed by atoms with van der Waals surface area (Å²) in [6, 6.07) is 0. The minimum atomic E-state index is -4.41. The van der Waals surface area contributed by atoms with Crippen LogP contribution in [0.4, 0.5) is 0 Å². The van der Waals surface area contributed by atoms with Crippen LogP contribution in [0, 0.1) is 0 Å². The van der Waals surface area contributed by atoms with Crippen molar-refractivity contribution in [1.82, 2.24) is 0 Å². The van der Waals surface area contributed by atoms with Crippen LogP contribution in [0.3, 0.4) is 0 Å². The van der Waals surface area contributed by atoms with Crippen molar-refractivity contribution in [3.05, 3.63) is 0 Å². The number of hydrogen-bond donors (Lipinski definition) is 0. The molecule has 0 saturated carbocycles. The molecule has 0 aliphatic carbocycles. The van der Waals surface area contributed by atoms with Gasteiger partial charge in [-0.15, -0.1) is 0 Å². The summed E-state index contributed by atoms with van der Waals surface area (Å²) in [4.78, 5) is 11.8. The monoisotopic (exact) mass is 437 g/mol. The highest BCUT2D eigenvalue weighted by Gasteiger charge is 2.10. The van der Waals surface area contributed by atoms with Crippen LogP contribution < -0.4 is 0 Å². The van der Waals surface area contributed by atoms with Gasteiger partial charge in [-0.25, -0.2) is 8.42 Å². The standard InChI is InChI=1S/C21H44NO.CH4O4S/c1-5-6-7-8-9-10-11-12-13-14-15-16-17-18-21(23)19-20-22(2,3)4;1-5-6(2,3)4/h5-20H2,1-4H3;1H3,(H,2,3,4)/q+1;/p-1. The first-order valence-corrected chi connectivity index (χ1v) is 12.7. The van der Waals surface area contributed by atoms with Gasteiger partial charge >= 0.3 is 0 Å². The predicted octanol–water partition coefficient (Wildman–Crippen LogP) is 5.23. The molecule has 0 aromatic heterocycles. The average molecular weight is 438 g/mol. The van der Waals surface area contributed by atoms with Crippen molar-refractivity contribution >= 4 is 16.2 Å². The third-order valence-electron chi connectivity index (χ3n) is 4.82. The minimum Gasteiger partial charge on any atom is -0.726 e. The molecule has 0 aliphatic rings. The maximum atomic E-state index is 11.8. The summed E-state index contributed by atoms with van der Waals surface area (Å²) in [7, 11) is 2.85. The van der Waals surface area contributed by atoms with Crippen LogP contribution >= 0.6 is 0 Å². The van der Waals surface area contributed by atoms with E-state index in [9.17, 15) is 17.8 Å². The first-order chi connectivity index (χ1) is 13.5. The summed E-state index contributed by atoms with van der Waals surface area (Å²) in [5, 5.41) is 0. The molecule has 0 radical (unpaired) electrons. The van der Waals surface area contributed by atoms with Crippen molar-refractivity contribution in [1.29, 1.82) is 0 Å². The molecule has 0 N–H and O–H groups in total. The summed E-state index contributed by atoms with van der Waals surface area (Å²) in [6.45, 7) is 3.25. The van der Waals surface area contributed by atoms with E-state index in [1.165, 1.54) is 77.0 Å². The zero-order chi connectivity index (χ0) is 22.6. The normalized spacial score (nSPS) is 11.8. The number of quaternary nitrogens is 1. The number of carbonyl (C=O) groups excluding carboxylic acids is 1. The Morgan fingerprint density at radius 2 is 1.10 bits per heavy atom. The van der Waals surface area contributed by atoms with Gasteiger partial charge in [-0.2, -0.15) is 0 Å². The Kier molecular flexibility index (Phi) is 20.6. The number of nitrogens with zero attached hydrogens (tertiary/aromatic N) is 1. The maximum Gasteiger partial charge on any atom is 0.217 e. The lowest BCUT2D eigenvalue weighted by Crippen LogP contribution is -2.36. The fourth-order valence-corrected chi connectivity index (χ4v) is 2.93. The van der Waals surface area contributed by atoms with E-state index in [1.54, 1.807) is 0 Å². The lowest BCUT2D eigenvalue weighted by Gasteiger charge is -2.23. The van der Waals surface area contributed by atoms with E-state index in [1.807, 2.05) is 0 Å². The third-order valence-corrected chi connectivity index (χ3v) is 5.23. The van der Waals surface area contributed by atoms with Gasteiger partial charge in [0.15, 0.2) is 0 Å². The fourth-order valence-electron chi connectivity index (χ4n) is 2.93. The number of ketones is 1. The molecular formula is C22H47NO5S. The summed E-state index contributed by atoms with van der Waals surface area (Å²) < 4.78 is 31.9. The zero-order valence-electron chi connectivity index (χ0n) is 19.7. The quantitative estimate of drug-likeness (QED) is 0.127. The third kappa shape index (κ3) is 32.4. The van der Waals surface area contributed by atoms with Gasteiger partial charge in [-0.05, 0) is 6.42 Å². The molecule has 0 rings (SSSR count). The van der Waals surface area contributed by atoms with Crippen molar-refractivity contribution < 1.29 is 26.4 Å². The van der Waals surface area contributed by atoms with Gasteiger partial charge in [0.25, 0.3) is 0 Å². The van der Waals surface area contributed by atoms with Gasteiger partial charge in [0.2, 0.25) is 10.4 Å². The number of hydrogen-bond acceptors (Lipinski definition) is 5. The van der Waals surface area contributed by atoms with Gasteiger partial charge in [0, 0.05) is 6.42 Å². The molecular weight excluding hydrogens is 390 g/mol. The van der Waals surface area contributed by atoms with E-state index >= 15 is 0 Å². The van der Waals surface area contributed by atoms with E-state index in [2.05, 4.69) is 32.2 Å². The molecule has 0 aliphatic heterocycles. The molecule has 0 unspecified atom stereocenters. The lowest BCUT2D eigenvalue weighted by molar-refractivity contribution is -0.869. The van der Waals surface area contributed by atoms with Crippen LogP contribution in [-0.2, 0) is 19.4 Å². The molecule has 0 amide bonds. The maximum absolute atomic E-state index is 11.8. The highest BCUT2D eigenvalue weighted by atomic mass is 32.3. The molecule has 6 nitrogen and oxygen atoms in total. The van der Waals surface area contributed by atoms with Crippen LogP contribution in [0.5, 0.6) is 0 Å². The fraction of sp³-hybridized carbons (Fsp3) is 0.955. The molecule has 7 heteroatoms. The molecule has 0 atom stereocenters. The average Bonchev–Trinajstić information content (AvgIpc) is 2.63. The van der Waals surface area contributed by atoms with Crippen LogP contribution in [0.2, 0.25) is 0 Å². The molecule has 0 aromatic carbocycles. The molecule has 29 heavy (non-hydrogen) atoms. The van der Waals surface area contributed by atoms with E-state index in [4.69, 9.17) is 0 Å². The van der Waals surface area contributed by atoms with E-state index in [-0.39, 0.29) is 0 Å². The zero-order valence-corrected chi connectivity index (χ0v) is 20.5. The van der Waals surface area contributed by atoms with Gasteiger partial charge in [0.05, 0.1) is 41.2 Å².